The highest BCUT2D eigenvalue weighted by Gasteiger charge is 2.63. The van der Waals surface area contributed by atoms with Crippen molar-refractivity contribution in [3.8, 4) is 5.75 Å². The minimum atomic E-state index is -0.807. The first-order valence-corrected chi connectivity index (χ1v) is 10.2. The van der Waals surface area contributed by atoms with Gasteiger partial charge in [-0.1, -0.05) is 30.4 Å². The minimum absolute atomic E-state index is 0.0120. The van der Waals surface area contributed by atoms with E-state index >= 15 is 0 Å². The quantitative estimate of drug-likeness (QED) is 0.735. The molecule has 2 aromatic rings. The van der Waals surface area contributed by atoms with Crippen molar-refractivity contribution in [2.75, 3.05) is 18.6 Å². The second kappa shape index (κ2) is 6.52. The first kappa shape index (κ1) is 17.9. The molecule has 6 heteroatoms. The molecular weight excluding hydrogens is 382 g/mol. The SMILES string of the molecule is COc1ccc(C(=O)[C@@H]2[C@@H]3[C@H](C(=O)[C@@H]4OC[C@H]3O4)[C@H]3C=Cc4ccccc4N32)cc1. The summed E-state index contributed by atoms with van der Waals surface area (Å²) in [4.78, 5) is 29.2. The van der Waals surface area contributed by atoms with Gasteiger partial charge in [-0.2, -0.15) is 0 Å². The van der Waals surface area contributed by atoms with E-state index in [1.54, 1.807) is 31.4 Å². The summed E-state index contributed by atoms with van der Waals surface area (Å²) in [7, 11) is 1.60. The van der Waals surface area contributed by atoms with Crippen LogP contribution in [-0.2, 0) is 14.3 Å². The van der Waals surface area contributed by atoms with E-state index in [1.807, 2.05) is 24.3 Å². The predicted molar refractivity (Wildman–Crippen MR) is 109 cm³/mol. The van der Waals surface area contributed by atoms with Crippen molar-refractivity contribution < 1.29 is 23.8 Å². The van der Waals surface area contributed by atoms with Gasteiger partial charge in [0.05, 0.1) is 37.8 Å². The molecule has 0 N–H and O–H groups in total. The van der Waals surface area contributed by atoms with Gasteiger partial charge in [0, 0.05) is 17.2 Å². The molecule has 6 nitrogen and oxygen atoms in total. The fourth-order valence-corrected chi connectivity index (χ4v) is 5.50. The van der Waals surface area contributed by atoms with Gasteiger partial charge in [-0.05, 0) is 35.9 Å². The highest BCUT2D eigenvalue weighted by atomic mass is 16.7. The van der Waals surface area contributed by atoms with Gasteiger partial charge in [0.15, 0.2) is 11.6 Å². The average molecular weight is 403 g/mol. The van der Waals surface area contributed by atoms with E-state index in [9.17, 15) is 9.59 Å². The summed E-state index contributed by atoms with van der Waals surface area (Å²) in [5, 5.41) is 0. The van der Waals surface area contributed by atoms with Crippen LogP contribution in [0, 0.1) is 11.8 Å². The lowest BCUT2D eigenvalue weighted by Crippen LogP contribution is -2.48. The largest absolute Gasteiger partial charge is 0.497 e. The van der Waals surface area contributed by atoms with Crippen LogP contribution in [-0.4, -0.2) is 49.8 Å². The molecular formula is C24H21NO5. The molecule has 0 aromatic heterocycles. The van der Waals surface area contributed by atoms with E-state index in [0.717, 1.165) is 11.3 Å². The van der Waals surface area contributed by atoms with Gasteiger partial charge in [0.25, 0.3) is 0 Å². The van der Waals surface area contributed by atoms with Crippen molar-refractivity contribution in [1.82, 2.24) is 0 Å². The molecule has 3 fully saturated rings. The molecule has 152 valence electrons. The molecule has 0 unspecified atom stereocenters. The lowest BCUT2D eigenvalue weighted by molar-refractivity contribution is -0.163. The Morgan fingerprint density at radius 1 is 1.13 bits per heavy atom. The van der Waals surface area contributed by atoms with Crippen molar-refractivity contribution in [2.45, 2.75) is 24.5 Å². The number of ether oxygens (including phenoxy) is 3. The predicted octanol–water partition coefficient (Wildman–Crippen LogP) is 2.72. The number of fused-ring (bicyclic) bond motifs is 8. The van der Waals surface area contributed by atoms with Crippen molar-refractivity contribution in [3.63, 3.8) is 0 Å². The van der Waals surface area contributed by atoms with E-state index in [1.165, 1.54) is 0 Å². The topological polar surface area (TPSA) is 65.1 Å². The zero-order chi connectivity index (χ0) is 20.4. The third kappa shape index (κ3) is 2.38. The van der Waals surface area contributed by atoms with Crippen molar-refractivity contribution in [2.24, 2.45) is 11.8 Å². The van der Waals surface area contributed by atoms with Crippen LogP contribution in [0.3, 0.4) is 0 Å². The monoisotopic (exact) mass is 403 g/mol. The van der Waals surface area contributed by atoms with Crippen LogP contribution in [0.25, 0.3) is 6.08 Å². The fourth-order valence-electron chi connectivity index (χ4n) is 5.50. The van der Waals surface area contributed by atoms with E-state index in [4.69, 9.17) is 14.2 Å². The number of hydrogen-bond donors (Lipinski definition) is 0. The van der Waals surface area contributed by atoms with Gasteiger partial charge in [0.1, 0.15) is 5.75 Å². The van der Waals surface area contributed by atoms with Gasteiger partial charge in [-0.15, -0.1) is 0 Å². The van der Waals surface area contributed by atoms with Crippen molar-refractivity contribution in [3.05, 3.63) is 65.7 Å². The molecule has 6 rings (SSSR count). The third-order valence-electron chi connectivity index (χ3n) is 6.80. The summed E-state index contributed by atoms with van der Waals surface area (Å²) in [6.07, 6.45) is 3.04. The van der Waals surface area contributed by atoms with Crippen molar-refractivity contribution >= 4 is 23.3 Å². The summed E-state index contributed by atoms with van der Waals surface area (Å²) in [6.45, 7) is 0.343. The lowest BCUT2D eigenvalue weighted by atomic mass is 9.77. The highest BCUT2D eigenvalue weighted by molar-refractivity contribution is 6.05. The summed E-state index contributed by atoms with van der Waals surface area (Å²) in [5.41, 5.74) is 2.63. The van der Waals surface area contributed by atoms with Crippen LogP contribution in [0.15, 0.2) is 54.6 Å². The standard InChI is InChI=1S/C24H21NO5/c1-28-15-9-6-14(7-10-15)22(26)21-20-18-12-29-24(30-18)23(27)19(20)17-11-8-13-4-2-3-5-16(13)25(17)21/h2-11,17-21,24H,12H2,1H3/t17-,18-,19-,20+,21+,24-/m1/s1. The van der Waals surface area contributed by atoms with Crippen LogP contribution >= 0.6 is 0 Å². The van der Waals surface area contributed by atoms with E-state index in [2.05, 4.69) is 17.1 Å². The molecule has 0 amide bonds. The summed E-state index contributed by atoms with van der Waals surface area (Å²) in [5.74, 6) is 0.0442. The Labute approximate surface area is 174 Å². The molecule has 2 aromatic carbocycles. The maximum absolute atomic E-state index is 13.8. The lowest BCUT2D eigenvalue weighted by Gasteiger charge is -2.35. The number of methoxy groups -OCH3 is 1. The van der Waals surface area contributed by atoms with Crippen LogP contribution < -0.4 is 9.64 Å². The molecule has 3 saturated heterocycles. The van der Waals surface area contributed by atoms with Crippen LogP contribution in [0.1, 0.15) is 15.9 Å². The Morgan fingerprint density at radius 2 is 1.93 bits per heavy atom. The molecule has 0 radical (unpaired) electrons. The minimum Gasteiger partial charge on any atom is -0.497 e. The van der Waals surface area contributed by atoms with Crippen molar-refractivity contribution in [1.29, 1.82) is 0 Å². The Morgan fingerprint density at radius 3 is 2.73 bits per heavy atom. The molecule has 4 aliphatic heterocycles. The number of Topliss-reactive ketones (excluding diaryl/α,β-unsaturated/α-hetero) is 2. The second-order valence-corrected chi connectivity index (χ2v) is 8.20. The molecule has 2 bridgehead atoms. The van der Waals surface area contributed by atoms with Gasteiger partial charge in [-0.25, -0.2) is 0 Å². The number of carbonyl (C=O) groups is 2. The van der Waals surface area contributed by atoms with E-state index in [0.29, 0.717) is 17.9 Å². The number of para-hydroxylation sites is 1. The third-order valence-corrected chi connectivity index (χ3v) is 6.80. The Bertz CT molecular complexity index is 1060. The summed E-state index contributed by atoms with van der Waals surface area (Å²) >= 11 is 0. The van der Waals surface area contributed by atoms with Crippen LogP contribution in [0.2, 0.25) is 0 Å². The molecule has 4 aliphatic rings. The number of hydrogen-bond acceptors (Lipinski definition) is 6. The number of anilines is 1. The maximum atomic E-state index is 13.8. The Kier molecular flexibility index (Phi) is 3.88. The average Bonchev–Trinajstić information content (AvgIpc) is 3.38. The van der Waals surface area contributed by atoms with Gasteiger partial charge in [-0.3, -0.25) is 9.59 Å². The number of benzene rings is 2. The van der Waals surface area contributed by atoms with Gasteiger partial charge >= 0.3 is 0 Å². The molecule has 6 atom stereocenters. The first-order valence-electron chi connectivity index (χ1n) is 10.2. The summed E-state index contributed by atoms with van der Waals surface area (Å²) < 4.78 is 16.7. The number of carbonyl (C=O) groups excluding carboxylic acids is 2. The Balaban J connectivity index is 1.49. The van der Waals surface area contributed by atoms with E-state index in [-0.39, 0.29) is 35.5 Å². The fraction of sp³-hybridized carbons (Fsp3) is 0.333. The molecule has 4 heterocycles. The van der Waals surface area contributed by atoms with Gasteiger partial charge in [0.2, 0.25) is 6.29 Å². The maximum Gasteiger partial charge on any atom is 0.218 e. The van der Waals surface area contributed by atoms with Crippen LogP contribution in [0.4, 0.5) is 5.69 Å². The van der Waals surface area contributed by atoms with E-state index < -0.39 is 12.3 Å². The number of nitrogens with zero attached hydrogens (tertiary/aromatic N) is 1. The Hall–Kier alpha value is -2.96. The molecule has 0 aliphatic carbocycles. The van der Waals surface area contributed by atoms with Crippen LogP contribution in [0.5, 0.6) is 5.75 Å². The molecule has 0 spiro atoms. The molecule has 30 heavy (non-hydrogen) atoms. The number of ketones is 2. The summed E-state index contributed by atoms with van der Waals surface area (Å²) in [6, 6.07) is 14.5. The highest BCUT2D eigenvalue weighted by Crippen LogP contribution is 2.51. The zero-order valence-electron chi connectivity index (χ0n) is 16.4. The normalized spacial score (nSPS) is 33.1. The first-order chi connectivity index (χ1) is 14.7. The second-order valence-electron chi connectivity index (χ2n) is 8.20. The number of rotatable bonds is 3. The smallest absolute Gasteiger partial charge is 0.218 e. The zero-order valence-corrected chi connectivity index (χ0v) is 16.4. The molecule has 0 saturated carbocycles. The van der Waals surface area contributed by atoms with Gasteiger partial charge < -0.3 is 19.1 Å².